The molecule has 0 aliphatic heterocycles. The molecule has 0 aliphatic rings. The Kier molecular flexibility index (Phi) is 7.04. The summed E-state index contributed by atoms with van der Waals surface area (Å²) in [7, 11) is -4.22. The molecule has 204 valence electrons. The predicted octanol–water partition coefficient (Wildman–Crippen LogP) is 7.73. The van der Waals surface area contributed by atoms with Crippen molar-refractivity contribution in [1.29, 1.82) is 0 Å². The van der Waals surface area contributed by atoms with Crippen LogP contribution in [0.4, 0.5) is 9.39 Å². The van der Waals surface area contributed by atoms with Gasteiger partial charge in [-0.1, -0.05) is 47.7 Å². The summed E-state index contributed by atoms with van der Waals surface area (Å²) in [5.74, 6) is 4.04. The van der Waals surface area contributed by atoms with Gasteiger partial charge in [0, 0.05) is 27.6 Å². The molecule has 0 saturated carbocycles. The first-order chi connectivity index (χ1) is 19.4. The molecule has 0 radical (unpaired) electrons. The lowest BCUT2D eigenvalue weighted by molar-refractivity contribution is -0.143. The number of fused-ring (bicyclic) bond motifs is 1. The molecule has 0 spiro atoms. The van der Waals surface area contributed by atoms with Gasteiger partial charge >= 0.3 is 5.97 Å². The summed E-state index contributed by atoms with van der Waals surface area (Å²) in [6, 6.07) is 18.9. The van der Waals surface area contributed by atoms with Crippen molar-refractivity contribution in [2.75, 3.05) is 0 Å². The first-order valence-corrected chi connectivity index (χ1v) is 14.7. The van der Waals surface area contributed by atoms with Crippen LogP contribution in [-0.4, -0.2) is 23.5 Å². The van der Waals surface area contributed by atoms with E-state index in [1.807, 2.05) is 6.92 Å². The van der Waals surface area contributed by atoms with E-state index >= 15 is 0 Å². The van der Waals surface area contributed by atoms with Crippen LogP contribution in [0.2, 0.25) is 0 Å². The highest BCUT2D eigenvalue weighted by atomic mass is 32.2. The third kappa shape index (κ3) is 5.02. The Balaban J connectivity index is 1.91. The summed E-state index contributed by atoms with van der Waals surface area (Å²) in [5, 5.41) is 11.9. The second-order valence-corrected chi connectivity index (χ2v) is 12.7. The molecule has 3 aromatic carbocycles. The number of carboxylic acid groups (broad SMARTS) is 1. The van der Waals surface area contributed by atoms with Crippen molar-refractivity contribution in [3.05, 3.63) is 107 Å². The van der Waals surface area contributed by atoms with Crippen LogP contribution in [0.15, 0.2) is 83.1 Å². The normalized spacial score (nSPS) is 11.6. The summed E-state index contributed by atoms with van der Waals surface area (Å²) in [4.78, 5) is 15.3. The predicted molar refractivity (Wildman–Crippen MR) is 159 cm³/mol. The Bertz CT molecular complexity index is 2050. The van der Waals surface area contributed by atoms with E-state index in [2.05, 4.69) is 16.7 Å². The molecule has 0 saturated heterocycles. The Hall–Kier alpha value is -4.70. The average Bonchev–Trinajstić information content (AvgIpc) is 3.54. The van der Waals surface area contributed by atoms with Crippen molar-refractivity contribution in [2.24, 2.45) is 5.41 Å². The van der Waals surface area contributed by atoms with E-state index in [-0.39, 0.29) is 16.1 Å². The highest BCUT2D eigenvalue weighted by Gasteiger charge is 2.30. The number of aromatic nitrogens is 1. The van der Waals surface area contributed by atoms with Crippen LogP contribution in [0.3, 0.4) is 0 Å². The molecular formula is C32H23FN2O4S2. The molecule has 0 atom stereocenters. The van der Waals surface area contributed by atoms with Gasteiger partial charge in [0.05, 0.1) is 22.7 Å². The van der Waals surface area contributed by atoms with E-state index in [4.69, 9.17) is 6.57 Å². The minimum absolute atomic E-state index is 0.0481. The summed E-state index contributed by atoms with van der Waals surface area (Å²) < 4.78 is 44.5. The molecule has 2 aromatic heterocycles. The average molecular weight is 583 g/mol. The van der Waals surface area contributed by atoms with E-state index in [0.29, 0.717) is 32.6 Å². The molecule has 0 aliphatic carbocycles. The number of rotatable bonds is 5. The second kappa shape index (κ2) is 10.4. The van der Waals surface area contributed by atoms with Crippen molar-refractivity contribution in [2.45, 2.75) is 25.7 Å². The monoisotopic (exact) mass is 582 g/mol. The Morgan fingerprint density at radius 2 is 1.80 bits per heavy atom. The fourth-order valence-electron chi connectivity index (χ4n) is 4.44. The van der Waals surface area contributed by atoms with E-state index in [0.717, 1.165) is 5.56 Å². The van der Waals surface area contributed by atoms with Crippen LogP contribution in [0.25, 0.3) is 38.1 Å². The molecule has 5 aromatic rings. The number of aliphatic carboxylic acids is 1. The minimum Gasteiger partial charge on any atom is -0.480 e. The van der Waals surface area contributed by atoms with Gasteiger partial charge in [-0.05, 0) is 68.6 Å². The number of nitrogens with zero attached hydrogens (tertiary/aromatic N) is 2. The Morgan fingerprint density at radius 1 is 1.07 bits per heavy atom. The van der Waals surface area contributed by atoms with E-state index in [9.17, 15) is 22.7 Å². The number of hydrogen-bond donors (Lipinski definition) is 1. The highest BCUT2D eigenvalue weighted by molar-refractivity contribution is 7.90. The molecular weight excluding hydrogens is 559 g/mol. The van der Waals surface area contributed by atoms with Gasteiger partial charge in [-0.25, -0.2) is 21.6 Å². The number of aryl methyl sites for hydroxylation is 1. The molecule has 41 heavy (non-hydrogen) atoms. The topological polar surface area (TPSA) is 80.7 Å². The Morgan fingerprint density at radius 3 is 2.49 bits per heavy atom. The van der Waals surface area contributed by atoms with Crippen LogP contribution in [0, 0.1) is 36.6 Å². The van der Waals surface area contributed by atoms with Gasteiger partial charge in [-0.2, -0.15) is 11.3 Å². The molecule has 2 heterocycles. The maximum Gasteiger partial charge on any atom is 0.321 e. The number of benzene rings is 3. The molecule has 0 bridgehead atoms. The van der Waals surface area contributed by atoms with E-state index in [1.54, 1.807) is 47.8 Å². The second-order valence-electron chi connectivity index (χ2n) is 9.98. The third-order valence-electron chi connectivity index (χ3n) is 6.65. The molecule has 0 fully saturated rings. The van der Waals surface area contributed by atoms with Gasteiger partial charge in [0.2, 0.25) is 5.00 Å². The van der Waals surface area contributed by atoms with E-state index < -0.39 is 27.2 Å². The SMILES string of the molecule is [C-]#[N+]c1sccc1-c1c(-c2cccc(C#CC(C)(C)C(=O)O)c2)n(S(=O)(=O)c2ccc(C)cc2)c2ccc(F)cc12. The van der Waals surface area contributed by atoms with Gasteiger partial charge in [-0.15, -0.1) is 0 Å². The van der Waals surface area contributed by atoms with Crippen LogP contribution in [-0.2, 0) is 14.8 Å². The quantitative estimate of drug-likeness (QED) is 0.170. The zero-order chi connectivity index (χ0) is 29.5. The van der Waals surface area contributed by atoms with Crippen molar-refractivity contribution < 1.29 is 22.7 Å². The zero-order valence-corrected chi connectivity index (χ0v) is 23.9. The number of carbonyl (C=O) groups is 1. The van der Waals surface area contributed by atoms with Crippen molar-refractivity contribution in [3.8, 4) is 34.2 Å². The molecule has 9 heteroatoms. The molecule has 1 N–H and O–H groups in total. The lowest BCUT2D eigenvalue weighted by Gasteiger charge is -2.14. The third-order valence-corrected chi connectivity index (χ3v) is 9.19. The standard InChI is InChI=1S/C32H23FN2O4S2/c1-20-8-11-24(12-9-20)41(38,39)35-27-13-10-23(33)19-26(27)28(25-15-17-40-30(25)34-4)29(35)22-7-5-6-21(18-22)14-16-32(2,3)31(36)37/h5-13,15,17-19H,1-3H3,(H,36,37). The van der Waals surface area contributed by atoms with Gasteiger partial charge in [-0.3, -0.25) is 4.79 Å². The van der Waals surface area contributed by atoms with Gasteiger partial charge in [0.1, 0.15) is 11.2 Å². The number of hydrogen-bond acceptors (Lipinski definition) is 4. The molecule has 0 amide bonds. The van der Waals surface area contributed by atoms with E-state index in [1.165, 1.54) is 59.5 Å². The summed E-state index contributed by atoms with van der Waals surface area (Å²) >= 11 is 1.21. The lowest BCUT2D eigenvalue weighted by Crippen LogP contribution is -2.21. The fraction of sp³-hybridized carbons (Fsp3) is 0.125. The van der Waals surface area contributed by atoms with Crippen molar-refractivity contribution in [3.63, 3.8) is 0 Å². The smallest absolute Gasteiger partial charge is 0.321 e. The van der Waals surface area contributed by atoms with Gasteiger partial charge < -0.3 is 5.11 Å². The van der Waals surface area contributed by atoms with Crippen molar-refractivity contribution >= 4 is 43.2 Å². The molecule has 6 nitrogen and oxygen atoms in total. The molecule has 5 rings (SSSR count). The fourth-order valence-corrected chi connectivity index (χ4v) is 6.67. The van der Waals surface area contributed by atoms with Gasteiger partial charge in [0.25, 0.3) is 10.0 Å². The van der Waals surface area contributed by atoms with Crippen molar-refractivity contribution in [1.82, 2.24) is 3.97 Å². The number of carboxylic acids is 1. The van der Waals surface area contributed by atoms with Crippen LogP contribution >= 0.6 is 11.3 Å². The van der Waals surface area contributed by atoms with Gasteiger partial charge in [0.15, 0.2) is 0 Å². The summed E-state index contributed by atoms with van der Waals surface area (Å²) in [6.07, 6.45) is 0. The summed E-state index contributed by atoms with van der Waals surface area (Å²) in [6.45, 7) is 12.6. The first kappa shape index (κ1) is 27.9. The van der Waals surface area contributed by atoms with Crippen LogP contribution in [0.1, 0.15) is 25.0 Å². The van der Waals surface area contributed by atoms with Crippen LogP contribution < -0.4 is 0 Å². The number of halogens is 1. The first-order valence-electron chi connectivity index (χ1n) is 12.4. The Labute approximate surface area is 241 Å². The minimum atomic E-state index is -4.22. The zero-order valence-electron chi connectivity index (χ0n) is 22.3. The summed E-state index contributed by atoms with van der Waals surface area (Å²) in [5.41, 5.74) is 1.89. The largest absolute Gasteiger partial charge is 0.480 e. The number of thiophene rings is 1. The maximum atomic E-state index is 14.7. The lowest BCUT2D eigenvalue weighted by atomic mass is 9.94. The van der Waals surface area contributed by atoms with Crippen LogP contribution in [0.5, 0.6) is 0 Å². The highest BCUT2D eigenvalue weighted by Crippen LogP contribution is 2.47. The maximum absolute atomic E-state index is 14.7. The molecule has 0 unspecified atom stereocenters.